The summed E-state index contributed by atoms with van der Waals surface area (Å²) in [7, 11) is 0. The molecule has 1 aromatic carbocycles. The fourth-order valence-corrected chi connectivity index (χ4v) is 1.64. The summed E-state index contributed by atoms with van der Waals surface area (Å²) in [6, 6.07) is 7.60. The van der Waals surface area contributed by atoms with Gasteiger partial charge in [-0.1, -0.05) is 13.0 Å². The van der Waals surface area contributed by atoms with E-state index in [1.54, 1.807) is 0 Å². The molecule has 1 rings (SSSR count). The van der Waals surface area contributed by atoms with Gasteiger partial charge in [-0.2, -0.15) is 0 Å². The van der Waals surface area contributed by atoms with Crippen LogP contribution in [0.25, 0.3) is 0 Å². The third-order valence-electron chi connectivity index (χ3n) is 2.42. The maximum absolute atomic E-state index is 11.9. The molecule has 0 atom stereocenters. The van der Waals surface area contributed by atoms with Crippen LogP contribution in [0.4, 0.5) is 0 Å². The summed E-state index contributed by atoms with van der Waals surface area (Å²) >= 11 is 2.21. The van der Waals surface area contributed by atoms with Crippen molar-refractivity contribution < 1.29 is 4.79 Å². The molecule has 82 valence electrons. The van der Waals surface area contributed by atoms with Crippen LogP contribution in [-0.4, -0.2) is 11.4 Å². The minimum absolute atomic E-state index is 0.000339. The SMILES string of the molecule is CCC(C)(C)NC(=O)c1cccc(I)c1. The molecule has 0 aliphatic carbocycles. The first kappa shape index (κ1) is 12.5. The van der Waals surface area contributed by atoms with Crippen molar-refractivity contribution in [1.82, 2.24) is 5.32 Å². The zero-order chi connectivity index (χ0) is 11.5. The van der Waals surface area contributed by atoms with Gasteiger partial charge in [0, 0.05) is 14.7 Å². The molecule has 0 saturated carbocycles. The highest BCUT2D eigenvalue weighted by atomic mass is 127. The summed E-state index contributed by atoms with van der Waals surface area (Å²) in [6.45, 7) is 6.12. The molecular formula is C12H16INO. The smallest absolute Gasteiger partial charge is 0.251 e. The first-order valence-corrected chi connectivity index (χ1v) is 6.10. The van der Waals surface area contributed by atoms with Crippen molar-refractivity contribution in [3.63, 3.8) is 0 Å². The van der Waals surface area contributed by atoms with Crippen molar-refractivity contribution in [3.8, 4) is 0 Å². The van der Waals surface area contributed by atoms with Crippen molar-refractivity contribution in [2.75, 3.05) is 0 Å². The first-order valence-electron chi connectivity index (χ1n) is 5.03. The van der Waals surface area contributed by atoms with E-state index in [9.17, 15) is 4.79 Å². The van der Waals surface area contributed by atoms with Crippen LogP contribution in [-0.2, 0) is 0 Å². The molecule has 0 aliphatic rings. The van der Waals surface area contributed by atoms with Crippen LogP contribution < -0.4 is 5.32 Å². The molecular weight excluding hydrogens is 301 g/mol. The molecule has 0 heterocycles. The van der Waals surface area contributed by atoms with Gasteiger partial charge in [0.05, 0.1) is 0 Å². The fourth-order valence-electron chi connectivity index (χ4n) is 1.10. The van der Waals surface area contributed by atoms with Gasteiger partial charge in [-0.05, 0) is 61.1 Å². The van der Waals surface area contributed by atoms with Crippen molar-refractivity contribution in [3.05, 3.63) is 33.4 Å². The van der Waals surface area contributed by atoms with Gasteiger partial charge in [0.25, 0.3) is 5.91 Å². The normalized spacial score (nSPS) is 11.2. The van der Waals surface area contributed by atoms with E-state index in [0.717, 1.165) is 15.6 Å². The first-order chi connectivity index (χ1) is 6.94. The average molecular weight is 317 g/mol. The third-order valence-corrected chi connectivity index (χ3v) is 3.09. The zero-order valence-electron chi connectivity index (χ0n) is 9.30. The summed E-state index contributed by atoms with van der Waals surface area (Å²) in [5, 5.41) is 3.01. The zero-order valence-corrected chi connectivity index (χ0v) is 11.5. The maximum atomic E-state index is 11.9. The number of hydrogen-bond donors (Lipinski definition) is 1. The maximum Gasteiger partial charge on any atom is 0.251 e. The Morgan fingerprint density at radius 2 is 2.13 bits per heavy atom. The lowest BCUT2D eigenvalue weighted by atomic mass is 10.0. The molecule has 0 aromatic heterocycles. The Morgan fingerprint density at radius 3 is 2.67 bits per heavy atom. The Kier molecular flexibility index (Phi) is 4.13. The predicted molar refractivity (Wildman–Crippen MR) is 71.0 cm³/mol. The Balaban J connectivity index is 2.78. The van der Waals surface area contributed by atoms with Gasteiger partial charge in [0.1, 0.15) is 0 Å². The molecule has 3 heteroatoms. The van der Waals surface area contributed by atoms with Crippen LogP contribution in [0.15, 0.2) is 24.3 Å². The number of hydrogen-bond acceptors (Lipinski definition) is 1. The summed E-state index contributed by atoms with van der Waals surface area (Å²) < 4.78 is 1.08. The van der Waals surface area contributed by atoms with Crippen molar-refractivity contribution in [1.29, 1.82) is 0 Å². The number of halogens is 1. The largest absolute Gasteiger partial charge is 0.347 e. The number of nitrogens with one attached hydrogen (secondary N) is 1. The number of benzene rings is 1. The third kappa shape index (κ3) is 3.81. The number of amides is 1. The van der Waals surface area contributed by atoms with Crippen LogP contribution in [0, 0.1) is 3.57 Å². The molecule has 1 N–H and O–H groups in total. The molecule has 0 unspecified atom stereocenters. The van der Waals surface area contributed by atoms with E-state index < -0.39 is 0 Å². The monoisotopic (exact) mass is 317 g/mol. The minimum Gasteiger partial charge on any atom is -0.347 e. The average Bonchev–Trinajstić information content (AvgIpc) is 2.17. The van der Waals surface area contributed by atoms with Gasteiger partial charge < -0.3 is 5.32 Å². The lowest BCUT2D eigenvalue weighted by Crippen LogP contribution is -2.42. The van der Waals surface area contributed by atoms with Crippen LogP contribution >= 0.6 is 22.6 Å². The van der Waals surface area contributed by atoms with E-state index in [1.807, 2.05) is 38.1 Å². The topological polar surface area (TPSA) is 29.1 Å². The van der Waals surface area contributed by atoms with Gasteiger partial charge in [0.15, 0.2) is 0 Å². The lowest BCUT2D eigenvalue weighted by Gasteiger charge is -2.24. The highest BCUT2D eigenvalue weighted by Gasteiger charge is 2.18. The van der Waals surface area contributed by atoms with E-state index in [4.69, 9.17) is 0 Å². The van der Waals surface area contributed by atoms with Gasteiger partial charge in [0.2, 0.25) is 0 Å². The molecule has 2 nitrogen and oxygen atoms in total. The molecule has 0 aliphatic heterocycles. The highest BCUT2D eigenvalue weighted by molar-refractivity contribution is 14.1. The Morgan fingerprint density at radius 1 is 1.47 bits per heavy atom. The number of rotatable bonds is 3. The fraction of sp³-hybridized carbons (Fsp3) is 0.417. The van der Waals surface area contributed by atoms with E-state index in [-0.39, 0.29) is 11.4 Å². The van der Waals surface area contributed by atoms with E-state index >= 15 is 0 Å². The van der Waals surface area contributed by atoms with E-state index in [1.165, 1.54) is 0 Å². The molecule has 1 aromatic rings. The summed E-state index contributed by atoms with van der Waals surface area (Å²) in [5.74, 6) is 0.000339. The Bertz CT molecular complexity index is 360. The quantitative estimate of drug-likeness (QED) is 0.852. The van der Waals surface area contributed by atoms with Crippen molar-refractivity contribution in [2.45, 2.75) is 32.7 Å². The number of carbonyl (C=O) groups is 1. The van der Waals surface area contributed by atoms with Gasteiger partial charge >= 0.3 is 0 Å². The Hall–Kier alpha value is -0.580. The van der Waals surface area contributed by atoms with Crippen LogP contribution in [0.3, 0.4) is 0 Å². The summed E-state index contributed by atoms with van der Waals surface area (Å²) in [4.78, 5) is 11.9. The number of carbonyl (C=O) groups excluding carboxylic acids is 1. The van der Waals surface area contributed by atoms with E-state index in [2.05, 4.69) is 34.8 Å². The molecule has 0 radical (unpaired) electrons. The predicted octanol–water partition coefficient (Wildman–Crippen LogP) is 3.21. The highest BCUT2D eigenvalue weighted by Crippen LogP contribution is 2.11. The molecule has 0 spiro atoms. The minimum atomic E-state index is -0.141. The van der Waals surface area contributed by atoms with E-state index in [0.29, 0.717) is 0 Å². The van der Waals surface area contributed by atoms with Gasteiger partial charge in [-0.25, -0.2) is 0 Å². The second-order valence-corrected chi connectivity index (χ2v) is 5.45. The molecule has 15 heavy (non-hydrogen) atoms. The second kappa shape index (κ2) is 4.96. The second-order valence-electron chi connectivity index (χ2n) is 4.20. The summed E-state index contributed by atoms with van der Waals surface area (Å²) in [5.41, 5.74) is 0.585. The van der Waals surface area contributed by atoms with Gasteiger partial charge in [-0.3, -0.25) is 4.79 Å². The lowest BCUT2D eigenvalue weighted by molar-refractivity contribution is 0.0911. The van der Waals surface area contributed by atoms with Crippen LogP contribution in [0.5, 0.6) is 0 Å². The van der Waals surface area contributed by atoms with Crippen LogP contribution in [0.2, 0.25) is 0 Å². The van der Waals surface area contributed by atoms with Crippen molar-refractivity contribution in [2.24, 2.45) is 0 Å². The molecule has 1 amide bonds. The van der Waals surface area contributed by atoms with Crippen molar-refractivity contribution >= 4 is 28.5 Å². The van der Waals surface area contributed by atoms with Crippen LogP contribution in [0.1, 0.15) is 37.6 Å². The summed E-state index contributed by atoms with van der Waals surface area (Å²) in [6.07, 6.45) is 0.919. The molecule has 0 fully saturated rings. The van der Waals surface area contributed by atoms with Gasteiger partial charge in [-0.15, -0.1) is 0 Å². The molecule has 0 saturated heterocycles. The standard InChI is InChI=1S/C12H16INO/c1-4-12(2,3)14-11(15)9-6-5-7-10(13)8-9/h5-8H,4H2,1-3H3,(H,14,15). The molecule has 0 bridgehead atoms. The Labute approximate surface area is 105 Å².